The van der Waals surface area contributed by atoms with Crippen LogP contribution in [0.1, 0.15) is 22.0 Å². The van der Waals surface area contributed by atoms with E-state index in [0.29, 0.717) is 15.5 Å². The van der Waals surface area contributed by atoms with Crippen molar-refractivity contribution >= 4 is 22.9 Å². The van der Waals surface area contributed by atoms with Gasteiger partial charge < -0.3 is 5.32 Å². The molecule has 1 atom stereocenters. The van der Waals surface area contributed by atoms with Crippen LogP contribution in [-0.4, -0.2) is 7.05 Å². The van der Waals surface area contributed by atoms with Crippen LogP contribution in [0.25, 0.3) is 0 Å². The second-order valence-corrected chi connectivity index (χ2v) is 5.30. The summed E-state index contributed by atoms with van der Waals surface area (Å²) in [5, 5.41) is 5.23. The van der Waals surface area contributed by atoms with Crippen molar-refractivity contribution in [2.45, 2.75) is 13.0 Å². The highest BCUT2D eigenvalue weighted by atomic mass is 35.5. The fourth-order valence-corrected chi connectivity index (χ4v) is 3.14. The van der Waals surface area contributed by atoms with Gasteiger partial charge in [0.1, 0.15) is 11.6 Å². The predicted molar refractivity (Wildman–Crippen MR) is 71.3 cm³/mol. The minimum Gasteiger partial charge on any atom is -0.308 e. The van der Waals surface area contributed by atoms with E-state index < -0.39 is 17.7 Å². The molecule has 0 radical (unpaired) electrons. The van der Waals surface area contributed by atoms with Crippen LogP contribution in [0.5, 0.6) is 0 Å². The molecule has 2 aromatic rings. The number of halogens is 3. The minimum absolute atomic E-state index is 0.0156. The van der Waals surface area contributed by atoms with E-state index in [2.05, 4.69) is 5.32 Å². The first-order chi connectivity index (χ1) is 8.56. The van der Waals surface area contributed by atoms with Crippen molar-refractivity contribution in [3.8, 4) is 0 Å². The van der Waals surface area contributed by atoms with Crippen molar-refractivity contribution in [1.29, 1.82) is 0 Å². The molecule has 0 aliphatic heterocycles. The fourth-order valence-electron chi connectivity index (χ4n) is 1.86. The standard InChI is InChI=1S/C13H12ClF2NS/c1-7-3-4-9(15)10(11(7)16)12(17-2)13-8(14)5-6-18-13/h3-6,12,17H,1-2H3. The zero-order valence-corrected chi connectivity index (χ0v) is 11.5. The fraction of sp³-hybridized carbons (Fsp3) is 0.231. The van der Waals surface area contributed by atoms with Crippen LogP contribution in [0.4, 0.5) is 8.78 Å². The number of hydrogen-bond acceptors (Lipinski definition) is 2. The van der Waals surface area contributed by atoms with Gasteiger partial charge in [0, 0.05) is 10.4 Å². The summed E-state index contributed by atoms with van der Waals surface area (Å²) >= 11 is 7.41. The molecule has 96 valence electrons. The second kappa shape index (κ2) is 5.34. The van der Waals surface area contributed by atoms with E-state index in [1.54, 1.807) is 25.4 Å². The lowest BCUT2D eigenvalue weighted by Crippen LogP contribution is -2.20. The maximum Gasteiger partial charge on any atom is 0.134 e. The van der Waals surface area contributed by atoms with Crippen molar-refractivity contribution in [3.05, 3.63) is 56.2 Å². The van der Waals surface area contributed by atoms with Crippen LogP contribution in [0.15, 0.2) is 23.6 Å². The van der Waals surface area contributed by atoms with Crippen molar-refractivity contribution < 1.29 is 8.78 Å². The molecule has 0 saturated carbocycles. The van der Waals surface area contributed by atoms with Crippen molar-refractivity contribution in [2.75, 3.05) is 7.05 Å². The number of rotatable bonds is 3. The summed E-state index contributed by atoms with van der Waals surface area (Å²) in [6, 6.07) is 3.85. The molecule has 1 aromatic carbocycles. The molecule has 18 heavy (non-hydrogen) atoms. The first-order valence-electron chi connectivity index (χ1n) is 5.41. The lowest BCUT2D eigenvalue weighted by atomic mass is 10.0. The van der Waals surface area contributed by atoms with E-state index in [1.807, 2.05) is 0 Å². The highest BCUT2D eigenvalue weighted by Gasteiger charge is 2.24. The Bertz CT molecular complexity index is 568. The molecule has 0 bridgehead atoms. The Kier molecular flexibility index (Phi) is 4.00. The van der Waals surface area contributed by atoms with Crippen molar-refractivity contribution in [3.63, 3.8) is 0 Å². The number of thiophene rings is 1. The average molecular weight is 288 g/mol. The van der Waals surface area contributed by atoms with Gasteiger partial charge in [0.15, 0.2) is 0 Å². The van der Waals surface area contributed by atoms with Gasteiger partial charge in [-0.25, -0.2) is 8.78 Å². The molecular weight excluding hydrogens is 276 g/mol. The molecule has 0 amide bonds. The topological polar surface area (TPSA) is 12.0 Å². The molecule has 0 fully saturated rings. The normalized spacial score (nSPS) is 12.7. The van der Waals surface area contributed by atoms with Crippen LogP contribution in [0, 0.1) is 18.6 Å². The van der Waals surface area contributed by atoms with E-state index in [9.17, 15) is 8.78 Å². The van der Waals surface area contributed by atoms with Gasteiger partial charge in [-0.05, 0) is 37.0 Å². The van der Waals surface area contributed by atoms with Crippen LogP contribution in [0.3, 0.4) is 0 Å². The smallest absolute Gasteiger partial charge is 0.134 e. The lowest BCUT2D eigenvalue weighted by molar-refractivity contribution is 0.520. The molecule has 2 rings (SSSR count). The Morgan fingerprint density at radius 2 is 2.00 bits per heavy atom. The van der Waals surface area contributed by atoms with Gasteiger partial charge in [-0.1, -0.05) is 17.7 Å². The zero-order chi connectivity index (χ0) is 13.3. The predicted octanol–water partition coefficient (Wildman–Crippen LogP) is 4.30. The van der Waals surface area contributed by atoms with Gasteiger partial charge in [-0.15, -0.1) is 11.3 Å². The quantitative estimate of drug-likeness (QED) is 0.888. The third-order valence-corrected chi connectivity index (χ3v) is 4.23. The van der Waals surface area contributed by atoms with E-state index in [0.717, 1.165) is 0 Å². The summed E-state index contributed by atoms with van der Waals surface area (Å²) in [5.41, 5.74) is 0.432. The third kappa shape index (κ3) is 2.28. The lowest BCUT2D eigenvalue weighted by Gasteiger charge is -2.18. The Labute approximate surface area is 113 Å². The molecular formula is C13H12ClF2NS. The largest absolute Gasteiger partial charge is 0.308 e. The molecule has 1 nitrogen and oxygen atoms in total. The number of benzene rings is 1. The Morgan fingerprint density at radius 1 is 1.28 bits per heavy atom. The highest BCUT2D eigenvalue weighted by molar-refractivity contribution is 7.10. The van der Waals surface area contributed by atoms with Gasteiger partial charge >= 0.3 is 0 Å². The summed E-state index contributed by atoms with van der Waals surface area (Å²) < 4.78 is 28.0. The maximum absolute atomic E-state index is 14.1. The van der Waals surface area contributed by atoms with Crippen molar-refractivity contribution in [2.24, 2.45) is 0 Å². The van der Waals surface area contributed by atoms with E-state index in [-0.39, 0.29) is 5.56 Å². The minimum atomic E-state index is -0.572. The van der Waals surface area contributed by atoms with Crippen LogP contribution in [0.2, 0.25) is 5.02 Å². The molecule has 1 unspecified atom stereocenters. The second-order valence-electron chi connectivity index (χ2n) is 3.95. The molecule has 5 heteroatoms. The molecule has 0 aliphatic rings. The highest BCUT2D eigenvalue weighted by Crippen LogP contribution is 2.35. The molecule has 1 aromatic heterocycles. The third-order valence-electron chi connectivity index (χ3n) is 2.80. The summed E-state index contributed by atoms with van der Waals surface area (Å²) in [6.45, 7) is 1.61. The van der Waals surface area contributed by atoms with Crippen molar-refractivity contribution in [1.82, 2.24) is 5.32 Å². The summed E-state index contributed by atoms with van der Waals surface area (Å²) in [5.74, 6) is -1.10. The molecule has 1 heterocycles. The molecule has 1 N–H and O–H groups in total. The van der Waals surface area contributed by atoms with Crippen LogP contribution in [-0.2, 0) is 0 Å². The average Bonchev–Trinajstić information content (AvgIpc) is 2.76. The van der Waals surface area contributed by atoms with E-state index in [1.165, 1.54) is 23.5 Å². The Hall–Kier alpha value is -0.970. The number of nitrogens with one attached hydrogen (secondary N) is 1. The monoisotopic (exact) mass is 287 g/mol. The number of aryl methyl sites for hydroxylation is 1. The summed E-state index contributed by atoms with van der Waals surface area (Å²) in [7, 11) is 1.65. The zero-order valence-electron chi connectivity index (χ0n) is 9.93. The number of hydrogen-bond donors (Lipinski definition) is 1. The first kappa shape index (κ1) is 13.5. The Balaban J connectivity index is 2.59. The van der Waals surface area contributed by atoms with Crippen LogP contribution >= 0.6 is 22.9 Å². The molecule has 0 saturated heterocycles. The first-order valence-corrected chi connectivity index (χ1v) is 6.66. The maximum atomic E-state index is 14.1. The van der Waals surface area contributed by atoms with Gasteiger partial charge in [0.2, 0.25) is 0 Å². The van der Waals surface area contributed by atoms with Gasteiger partial charge in [-0.2, -0.15) is 0 Å². The summed E-state index contributed by atoms with van der Waals surface area (Å²) in [4.78, 5) is 0.711. The Morgan fingerprint density at radius 3 is 2.56 bits per heavy atom. The molecule has 0 spiro atoms. The summed E-state index contributed by atoms with van der Waals surface area (Å²) in [6.07, 6.45) is 0. The molecule has 0 aliphatic carbocycles. The van der Waals surface area contributed by atoms with E-state index in [4.69, 9.17) is 11.6 Å². The van der Waals surface area contributed by atoms with Gasteiger partial charge in [0.05, 0.1) is 11.1 Å². The SMILES string of the molecule is CNC(c1sccc1Cl)c1c(F)ccc(C)c1F. The van der Waals surface area contributed by atoms with Gasteiger partial charge in [0.25, 0.3) is 0 Å². The van der Waals surface area contributed by atoms with E-state index >= 15 is 0 Å². The van der Waals surface area contributed by atoms with Gasteiger partial charge in [-0.3, -0.25) is 0 Å². The van der Waals surface area contributed by atoms with Crippen LogP contribution < -0.4 is 5.32 Å².